The molecule has 0 bridgehead atoms. The highest BCUT2D eigenvalue weighted by Gasteiger charge is 2.38. The van der Waals surface area contributed by atoms with Gasteiger partial charge in [0.15, 0.2) is 5.96 Å². The second kappa shape index (κ2) is 9.87. The Kier molecular flexibility index (Phi) is 8.94. The van der Waals surface area contributed by atoms with Gasteiger partial charge in [-0.1, -0.05) is 25.7 Å². The molecule has 0 unspecified atom stereocenters. The van der Waals surface area contributed by atoms with Crippen LogP contribution in [0, 0.1) is 0 Å². The van der Waals surface area contributed by atoms with Crippen molar-refractivity contribution in [2.75, 3.05) is 33.2 Å². The third kappa shape index (κ3) is 5.27. The summed E-state index contributed by atoms with van der Waals surface area (Å²) in [5.41, 5.74) is 0.379. The maximum absolute atomic E-state index is 4.31. The van der Waals surface area contributed by atoms with E-state index < -0.39 is 0 Å². The molecule has 2 N–H and O–H groups in total. The molecule has 5 heteroatoms. The second-order valence-corrected chi connectivity index (χ2v) is 6.29. The van der Waals surface area contributed by atoms with E-state index in [9.17, 15) is 0 Å². The third-order valence-electron chi connectivity index (χ3n) is 4.96. The molecule has 0 amide bonds. The summed E-state index contributed by atoms with van der Waals surface area (Å²) < 4.78 is 0. The summed E-state index contributed by atoms with van der Waals surface area (Å²) >= 11 is 0. The lowest BCUT2D eigenvalue weighted by molar-refractivity contribution is 0.0368. The minimum absolute atomic E-state index is 0. The molecule has 1 saturated heterocycles. The van der Waals surface area contributed by atoms with Crippen molar-refractivity contribution in [2.24, 2.45) is 4.99 Å². The Balaban J connectivity index is 0.00000220. The van der Waals surface area contributed by atoms with E-state index in [4.69, 9.17) is 0 Å². The van der Waals surface area contributed by atoms with Gasteiger partial charge in [0.25, 0.3) is 0 Å². The number of hydrogen-bond acceptors (Lipinski definition) is 2. The minimum Gasteiger partial charge on any atom is -0.357 e. The maximum Gasteiger partial charge on any atom is 0.191 e. The fraction of sp³-hybridized carbons (Fsp3) is 0.938. The maximum atomic E-state index is 4.31. The second-order valence-electron chi connectivity index (χ2n) is 6.29. The van der Waals surface area contributed by atoms with Gasteiger partial charge < -0.3 is 10.6 Å². The van der Waals surface area contributed by atoms with Gasteiger partial charge in [-0.15, -0.1) is 24.0 Å². The van der Waals surface area contributed by atoms with Crippen LogP contribution in [0.3, 0.4) is 0 Å². The molecule has 0 aromatic carbocycles. The fourth-order valence-electron chi connectivity index (χ4n) is 3.82. The van der Waals surface area contributed by atoms with Crippen molar-refractivity contribution in [1.82, 2.24) is 15.5 Å². The number of piperidine rings is 1. The van der Waals surface area contributed by atoms with Gasteiger partial charge in [-0.2, -0.15) is 0 Å². The van der Waals surface area contributed by atoms with Crippen LogP contribution in [-0.2, 0) is 0 Å². The van der Waals surface area contributed by atoms with Crippen LogP contribution < -0.4 is 10.6 Å². The molecule has 0 radical (unpaired) electrons. The monoisotopic (exact) mass is 408 g/mol. The van der Waals surface area contributed by atoms with E-state index in [-0.39, 0.29) is 24.0 Å². The van der Waals surface area contributed by atoms with Crippen LogP contribution in [0.5, 0.6) is 0 Å². The first-order valence-electron chi connectivity index (χ1n) is 8.50. The Morgan fingerprint density at radius 2 is 1.62 bits per heavy atom. The Bertz CT molecular complexity index is 307. The average Bonchev–Trinajstić information content (AvgIpc) is 2.53. The third-order valence-corrected chi connectivity index (χ3v) is 4.96. The first kappa shape index (κ1) is 19.0. The molecule has 2 fully saturated rings. The highest BCUT2D eigenvalue weighted by Crippen LogP contribution is 2.35. The topological polar surface area (TPSA) is 39.7 Å². The zero-order chi connectivity index (χ0) is 14.3. The van der Waals surface area contributed by atoms with E-state index in [2.05, 4.69) is 27.4 Å². The van der Waals surface area contributed by atoms with E-state index in [1.807, 2.05) is 7.05 Å². The summed E-state index contributed by atoms with van der Waals surface area (Å²) in [6.07, 6.45) is 11.1. The van der Waals surface area contributed by atoms with Gasteiger partial charge in [0.05, 0.1) is 0 Å². The number of likely N-dealkylation sites (tertiary alicyclic amines) is 1. The molecular weight excluding hydrogens is 375 g/mol. The quantitative estimate of drug-likeness (QED) is 0.427. The predicted octanol–water partition coefficient (Wildman–Crippen LogP) is 2.98. The van der Waals surface area contributed by atoms with Crippen molar-refractivity contribution < 1.29 is 0 Å². The highest BCUT2D eigenvalue weighted by molar-refractivity contribution is 14.0. The normalized spacial score (nSPS) is 23.2. The SMILES string of the molecule is CCNC(=NC)NCC1(N2CCCCC2)CCCCC1.I. The molecule has 4 nitrogen and oxygen atoms in total. The predicted molar refractivity (Wildman–Crippen MR) is 102 cm³/mol. The van der Waals surface area contributed by atoms with Crippen molar-refractivity contribution in [3.8, 4) is 0 Å². The lowest BCUT2D eigenvalue weighted by Crippen LogP contribution is -2.59. The molecule has 124 valence electrons. The molecule has 0 aromatic heterocycles. The van der Waals surface area contributed by atoms with Gasteiger partial charge in [0.1, 0.15) is 0 Å². The molecule has 1 heterocycles. The van der Waals surface area contributed by atoms with Gasteiger partial charge in [0.2, 0.25) is 0 Å². The summed E-state index contributed by atoms with van der Waals surface area (Å²) in [6.45, 7) is 6.68. The van der Waals surface area contributed by atoms with Crippen molar-refractivity contribution in [3.05, 3.63) is 0 Å². The van der Waals surface area contributed by atoms with E-state index in [1.165, 1.54) is 64.5 Å². The number of halogens is 1. The first-order chi connectivity index (χ1) is 9.80. The summed E-state index contributed by atoms with van der Waals surface area (Å²) in [7, 11) is 1.86. The van der Waals surface area contributed by atoms with Crippen molar-refractivity contribution >= 4 is 29.9 Å². The van der Waals surface area contributed by atoms with Gasteiger partial charge >= 0.3 is 0 Å². The smallest absolute Gasteiger partial charge is 0.191 e. The van der Waals surface area contributed by atoms with Gasteiger partial charge in [-0.25, -0.2) is 0 Å². The number of nitrogens with zero attached hydrogens (tertiary/aromatic N) is 2. The van der Waals surface area contributed by atoms with E-state index in [1.54, 1.807) is 0 Å². The highest BCUT2D eigenvalue weighted by atomic mass is 127. The number of guanidine groups is 1. The van der Waals surface area contributed by atoms with E-state index >= 15 is 0 Å². The van der Waals surface area contributed by atoms with Crippen molar-refractivity contribution in [2.45, 2.75) is 63.8 Å². The zero-order valence-electron chi connectivity index (χ0n) is 13.8. The largest absolute Gasteiger partial charge is 0.357 e. The van der Waals surface area contributed by atoms with Gasteiger partial charge in [-0.05, 0) is 45.7 Å². The molecule has 2 rings (SSSR count). The molecule has 1 aliphatic carbocycles. The van der Waals surface area contributed by atoms with Crippen LogP contribution in [0.15, 0.2) is 4.99 Å². The average molecular weight is 408 g/mol. The van der Waals surface area contributed by atoms with Gasteiger partial charge in [0, 0.05) is 25.7 Å². The summed E-state index contributed by atoms with van der Waals surface area (Å²) in [5, 5.41) is 6.89. The molecule has 0 aromatic rings. The summed E-state index contributed by atoms with van der Waals surface area (Å²) in [6, 6.07) is 0. The number of aliphatic imine (C=N–C) groups is 1. The standard InChI is InChI=1S/C16H32N4.HI/c1-3-18-15(17-2)19-14-16(10-6-4-7-11-16)20-12-8-5-9-13-20;/h3-14H2,1-2H3,(H2,17,18,19);1H. The molecular formula is C16H33IN4. The molecule has 0 atom stereocenters. The van der Waals surface area contributed by atoms with E-state index in [0.29, 0.717) is 5.54 Å². The molecule has 1 aliphatic heterocycles. The summed E-state index contributed by atoms with van der Waals surface area (Å²) in [5.74, 6) is 0.953. The van der Waals surface area contributed by atoms with Crippen LogP contribution in [0.25, 0.3) is 0 Å². The first-order valence-corrected chi connectivity index (χ1v) is 8.50. The number of rotatable bonds is 4. The summed E-state index contributed by atoms with van der Waals surface area (Å²) in [4.78, 5) is 7.09. The molecule has 0 spiro atoms. The lowest BCUT2D eigenvalue weighted by atomic mass is 9.79. The Morgan fingerprint density at radius 3 is 2.19 bits per heavy atom. The van der Waals surface area contributed by atoms with Crippen LogP contribution in [0.2, 0.25) is 0 Å². The van der Waals surface area contributed by atoms with E-state index in [0.717, 1.165) is 19.0 Å². The van der Waals surface area contributed by atoms with Gasteiger partial charge in [-0.3, -0.25) is 9.89 Å². The van der Waals surface area contributed by atoms with Crippen LogP contribution in [0.1, 0.15) is 58.3 Å². The zero-order valence-corrected chi connectivity index (χ0v) is 16.1. The molecule has 1 saturated carbocycles. The molecule has 21 heavy (non-hydrogen) atoms. The Labute approximate surface area is 147 Å². The molecule has 2 aliphatic rings. The number of hydrogen-bond donors (Lipinski definition) is 2. The number of nitrogens with one attached hydrogen (secondary N) is 2. The van der Waals surface area contributed by atoms with Crippen LogP contribution >= 0.6 is 24.0 Å². The van der Waals surface area contributed by atoms with Crippen LogP contribution in [-0.4, -0.2) is 49.6 Å². The Morgan fingerprint density at radius 1 is 1.00 bits per heavy atom. The van der Waals surface area contributed by atoms with Crippen molar-refractivity contribution in [1.29, 1.82) is 0 Å². The Hall–Kier alpha value is -0.0400. The fourth-order valence-corrected chi connectivity index (χ4v) is 3.82. The lowest BCUT2D eigenvalue weighted by Gasteiger charge is -2.48. The van der Waals surface area contributed by atoms with Crippen LogP contribution in [0.4, 0.5) is 0 Å². The minimum atomic E-state index is 0. The van der Waals surface area contributed by atoms with Crippen molar-refractivity contribution in [3.63, 3.8) is 0 Å².